The minimum Gasteiger partial charge on any atom is -0.461 e. The van der Waals surface area contributed by atoms with E-state index in [1.54, 1.807) is 0 Å². The molecule has 2 heteroatoms. The molecule has 0 atom stereocenters. The minimum absolute atomic E-state index is 0.129. The van der Waals surface area contributed by atoms with Gasteiger partial charge in [-0.3, -0.25) is 4.79 Å². The lowest BCUT2D eigenvalue weighted by atomic mass is 9.86. The Hall–Kier alpha value is -2.09. The molecule has 0 aromatic heterocycles. The maximum Gasteiger partial charge on any atom is 0.306 e. The van der Waals surface area contributed by atoms with E-state index in [-0.39, 0.29) is 11.4 Å². The molecule has 0 spiro atoms. The van der Waals surface area contributed by atoms with Crippen LogP contribution in [0.3, 0.4) is 0 Å². The topological polar surface area (TPSA) is 26.3 Å². The van der Waals surface area contributed by atoms with Crippen LogP contribution in [0.15, 0.2) is 54.6 Å². The lowest BCUT2D eigenvalue weighted by molar-refractivity contribution is -0.144. The van der Waals surface area contributed by atoms with Crippen LogP contribution in [-0.2, 0) is 28.0 Å². The highest BCUT2D eigenvalue weighted by atomic mass is 16.5. The first-order valence-corrected chi connectivity index (χ1v) is 7.74. The second-order valence-corrected chi connectivity index (χ2v) is 6.60. The first-order chi connectivity index (χ1) is 10.4. The third-order valence-corrected chi connectivity index (χ3v) is 3.65. The van der Waals surface area contributed by atoms with Gasteiger partial charge in [0.2, 0.25) is 0 Å². The zero-order chi connectivity index (χ0) is 16.0. The summed E-state index contributed by atoms with van der Waals surface area (Å²) in [5.74, 6) is -0.148. The number of esters is 1. The van der Waals surface area contributed by atoms with E-state index in [1.165, 1.54) is 11.1 Å². The van der Waals surface area contributed by atoms with Crippen molar-refractivity contribution in [2.45, 2.75) is 45.6 Å². The largest absolute Gasteiger partial charge is 0.461 e. The second-order valence-electron chi connectivity index (χ2n) is 6.60. The predicted molar refractivity (Wildman–Crippen MR) is 89.7 cm³/mol. The molecule has 2 rings (SSSR count). The van der Waals surface area contributed by atoms with Gasteiger partial charge >= 0.3 is 5.97 Å². The smallest absolute Gasteiger partial charge is 0.306 e. The molecule has 0 unspecified atom stereocenters. The number of hydrogen-bond acceptors (Lipinski definition) is 2. The van der Waals surface area contributed by atoms with Crippen molar-refractivity contribution in [3.63, 3.8) is 0 Å². The van der Waals surface area contributed by atoms with Crippen molar-refractivity contribution in [3.05, 3.63) is 71.3 Å². The Bertz CT molecular complexity index is 609. The lowest BCUT2D eigenvalue weighted by Gasteiger charge is -2.19. The van der Waals surface area contributed by atoms with Gasteiger partial charge in [0.05, 0.1) is 0 Å². The van der Waals surface area contributed by atoms with E-state index in [0.717, 1.165) is 12.0 Å². The Kier molecular flexibility index (Phi) is 5.37. The van der Waals surface area contributed by atoms with Gasteiger partial charge in [-0.2, -0.15) is 0 Å². The molecule has 0 aliphatic carbocycles. The lowest BCUT2D eigenvalue weighted by Crippen LogP contribution is -2.11. The summed E-state index contributed by atoms with van der Waals surface area (Å²) in [6, 6.07) is 18.2. The van der Waals surface area contributed by atoms with Gasteiger partial charge in [-0.15, -0.1) is 0 Å². The molecule has 0 N–H and O–H groups in total. The van der Waals surface area contributed by atoms with Gasteiger partial charge in [0.15, 0.2) is 0 Å². The van der Waals surface area contributed by atoms with Gasteiger partial charge < -0.3 is 4.74 Å². The summed E-state index contributed by atoms with van der Waals surface area (Å²) in [6.07, 6.45) is 1.14. The zero-order valence-corrected chi connectivity index (χ0v) is 13.6. The van der Waals surface area contributed by atoms with E-state index in [2.05, 4.69) is 45.0 Å². The van der Waals surface area contributed by atoms with Gasteiger partial charge in [0.25, 0.3) is 0 Å². The van der Waals surface area contributed by atoms with Crippen molar-refractivity contribution in [1.82, 2.24) is 0 Å². The molecule has 2 nitrogen and oxygen atoms in total. The van der Waals surface area contributed by atoms with Crippen LogP contribution >= 0.6 is 0 Å². The number of ether oxygens (including phenoxy) is 1. The fraction of sp³-hybridized carbons (Fsp3) is 0.350. The summed E-state index contributed by atoms with van der Waals surface area (Å²) in [6.45, 7) is 6.93. The van der Waals surface area contributed by atoms with Crippen LogP contribution in [0.2, 0.25) is 0 Å². The summed E-state index contributed by atoms with van der Waals surface area (Å²) in [7, 11) is 0. The van der Waals surface area contributed by atoms with Crippen LogP contribution in [0.1, 0.15) is 43.9 Å². The normalized spacial score (nSPS) is 11.2. The van der Waals surface area contributed by atoms with Gasteiger partial charge in [0.1, 0.15) is 6.61 Å². The molecule has 116 valence electrons. The highest BCUT2D eigenvalue weighted by Crippen LogP contribution is 2.23. The quantitative estimate of drug-likeness (QED) is 0.750. The number of carbonyl (C=O) groups excluding carboxylic acids is 1. The molecule has 0 amide bonds. The molecule has 0 aliphatic rings. The Balaban J connectivity index is 1.84. The molecule has 0 heterocycles. The van der Waals surface area contributed by atoms with Crippen LogP contribution in [0.4, 0.5) is 0 Å². The SMILES string of the molecule is CC(C)(C)c1cccc(CCC(=O)OCc2ccccc2)c1. The Morgan fingerprint density at radius 2 is 1.64 bits per heavy atom. The molecular weight excluding hydrogens is 272 g/mol. The third kappa shape index (κ3) is 5.03. The Morgan fingerprint density at radius 1 is 0.955 bits per heavy atom. The summed E-state index contributed by atoms with van der Waals surface area (Å²) in [5, 5.41) is 0. The number of rotatable bonds is 5. The van der Waals surface area contributed by atoms with Crippen molar-refractivity contribution in [1.29, 1.82) is 0 Å². The number of benzene rings is 2. The van der Waals surface area contributed by atoms with Gasteiger partial charge in [-0.1, -0.05) is 75.4 Å². The van der Waals surface area contributed by atoms with Gasteiger partial charge in [-0.05, 0) is 28.5 Å². The molecule has 2 aromatic carbocycles. The standard InChI is InChI=1S/C20H24O2/c1-20(2,3)18-11-7-10-16(14-18)12-13-19(21)22-15-17-8-5-4-6-9-17/h4-11,14H,12-13,15H2,1-3H3. The van der Waals surface area contributed by atoms with Gasteiger partial charge in [-0.25, -0.2) is 0 Å². The van der Waals surface area contributed by atoms with E-state index in [9.17, 15) is 4.79 Å². The summed E-state index contributed by atoms with van der Waals surface area (Å²) in [5.41, 5.74) is 3.63. The van der Waals surface area contributed by atoms with Crippen molar-refractivity contribution in [3.8, 4) is 0 Å². The van der Waals surface area contributed by atoms with Gasteiger partial charge in [0, 0.05) is 6.42 Å². The first kappa shape index (κ1) is 16.3. The van der Waals surface area contributed by atoms with Crippen LogP contribution in [-0.4, -0.2) is 5.97 Å². The molecule has 2 aromatic rings. The van der Waals surface area contributed by atoms with E-state index in [4.69, 9.17) is 4.74 Å². The predicted octanol–water partition coefficient (Wildman–Crippen LogP) is 4.66. The molecule has 0 aliphatic heterocycles. The van der Waals surface area contributed by atoms with Crippen molar-refractivity contribution < 1.29 is 9.53 Å². The molecular formula is C20H24O2. The van der Waals surface area contributed by atoms with Crippen molar-refractivity contribution >= 4 is 5.97 Å². The number of hydrogen-bond donors (Lipinski definition) is 0. The molecule has 0 saturated heterocycles. The fourth-order valence-corrected chi connectivity index (χ4v) is 2.25. The van der Waals surface area contributed by atoms with E-state index >= 15 is 0 Å². The van der Waals surface area contributed by atoms with Crippen LogP contribution in [0, 0.1) is 0 Å². The van der Waals surface area contributed by atoms with Crippen LogP contribution in [0.5, 0.6) is 0 Å². The first-order valence-electron chi connectivity index (χ1n) is 7.74. The summed E-state index contributed by atoms with van der Waals surface area (Å²) >= 11 is 0. The zero-order valence-electron chi connectivity index (χ0n) is 13.6. The fourth-order valence-electron chi connectivity index (χ4n) is 2.25. The third-order valence-electron chi connectivity index (χ3n) is 3.65. The van der Waals surface area contributed by atoms with Crippen molar-refractivity contribution in [2.24, 2.45) is 0 Å². The maximum absolute atomic E-state index is 11.8. The molecule has 0 radical (unpaired) electrons. The van der Waals surface area contributed by atoms with Crippen LogP contribution < -0.4 is 0 Å². The average molecular weight is 296 g/mol. The Labute approximate surface area is 133 Å². The summed E-state index contributed by atoms with van der Waals surface area (Å²) in [4.78, 5) is 11.8. The van der Waals surface area contributed by atoms with E-state index < -0.39 is 0 Å². The van der Waals surface area contributed by atoms with E-state index in [1.807, 2.05) is 30.3 Å². The molecule has 0 saturated carbocycles. The highest BCUT2D eigenvalue weighted by molar-refractivity contribution is 5.69. The van der Waals surface area contributed by atoms with E-state index in [0.29, 0.717) is 13.0 Å². The van der Waals surface area contributed by atoms with Crippen LogP contribution in [0.25, 0.3) is 0 Å². The Morgan fingerprint density at radius 3 is 2.32 bits per heavy atom. The average Bonchev–Trinajstić information content (AvgIpc) is 2.51. The molecule has 0 bridgehead atoms. The monoisotopic (exact) mass is 296 g/mol. The van der Waals surface area contributed by atoms with Crippen molar-refractivity contribution in [2.75, 3.05) is 0 Å². The summed E-state index contributed by atoms with van der Waals surface area (Å²) < 4.78 is 5.31. The number of carbonyl (C=O) groups is 1. The highest BCUT2D eigenvalue weighted by Gasteiger charge is 2.14. The number of aryl methyl sites for hydroxylation is 1. The molecule has 0 fully saturated rings. The minimum atomic E-state index is -0.148. The molecule has 22 heavy (non-hydrogen) atoms. The second kappa shape index (κ2) is 7.26. The maximum atomic E-state index is 11.8.